The number of amides is 1. The summed E-state index contributed by atoms with van der Waals surface area (Å²) in [5.74, 6) is -0.413. The van der Waals surface area contributed by atoms with Crippen LogP contribution in [0.15, 0.2) is 57.0 Å². The molecule has 0 fully saturated rings. The van der Waals surface area contributed by atoms with Gasteiger partial charge in [0.25, 0.3) is 5.91 Å². The third-order valence-corrected chi connectivity index (χ3v) is 3.83. The Balaban J connectivity index is 1.72. The Morgan fingerprint density at radius 3 is 2.75 bits per heavy atom. The molecular weight excluding hydrogens is 364 g/mol. The Hall–Kier alpha value is -4.28. The van der Waals surface area contributed by atoms with Crippen LogP contribution in [-0.4, -0.2) is 37.4 Å². The van der Waals surface area contributed by atoms with Gasteiger partial charge >= 0.3 is 0 Å². The lowest BCUT2D eigenvalue weighted by Gasteiger charge is -2.06. The number of hydrogen-bond acceptors (Lipinski definition) is 9. The van der Waals surface area contributed by atoms with Gasteiger partial charge in [-0.1, -0.05) is 35.0 Å². The third kappa shape index (κ3) is 3.23. The molecule has 28 heavy (non-hydrogen) atoms. The van der Waals surface area contributed by atoms with E-state index in [1.165, 1.54) is 23.4 Å². The molecule has 0 atom stereocenters. The first kappa shape index (κ1) is 17.1. The summed E-state index contributed by atoms with van der Waals surface area (Å²) >= 11 is 0. The number of nitrogens with zero attached hydrogens (tertiary/aromatic N) is 6. The summed E-state index contributed by atoms with van der Waals surface area (Å²) in [4.78, 5) is 12.6. The molecule has 1 amide bonds. The van der Waals surface area contributed by atoms with Gasteiger partial charge in [0.15, 0.2) is 5.69 Å². The van der Waals surface area contributed by atoms with E-state index in [-0.39, 0.29) is 17.3 Å². The van der Waals surface area contributed by atoms with Crippen LogP contribution in [0, 0.1) is 6.92 Å². The molecule has 0 saturated carbocycles. The average molecular weight is 378 g/mol. The van der Waals surface area contributed by atoms with Gasteiger partial charge in [0.05, 0.1) is 18.7 Å². The second kappa shape index (κ2) is 7.15. The van der Waals surface area contributed by atoms with Crippen LogP contribution in [0.1, 0.15) is 21.6 Å². The van der Waals surface area contributed by atoms with Crippen LogP contribution in [0.3, 0.4) is 0 Å². The number of nitrogens with one attached hydrogen (secondary N) is 1. The SMILES string of the molecule is Cc1ccc(-c2c(C(=O)N/N=C/c3ccoc3)nnn2-c2nonc2N)cc1. The maximum absolute atomic E-state index is 12.6. The molecule has 0 bridgehead atoms. The largest absolute Gasteiger partial charge is 0.472 e. The lowest BCUT2D eigenvalue weighted by Crippen LogP contribution is -2.19. The van der Waals surface area contributed by atoms with Crippen molar-refractivity contribution in [3.05, 3.63) is 59.7 Å². The van der Waals surface area contributed by atoms with Crippen molar-refractivity contribution in [2.24, 2.45) is 5.10 Å². The Bertz CT molecular complexity index is 1130. The van der Waals surface area contributed by atoms with Crippen molar-refractivity contribution in [2.45, 2.75) is 6.92 Å². The Kier molecular flexibility index (Phi) is 4.38. The lowest BCUT2D eigenvalue weighted by atomic mass is 10.1. The number of anilines is 1. The van der Waals surface area contributed by atoms with Gasteiger partial charge in [0, 0.05) is 11.1 Å². The van der Waals surface area contributed by atoms with Crippen molar-refractivity contribution in [1.29, 1.82) is 0 Å². The van der Waals surface area contributed by atoms with Crippen LogP contribution in [0.4, 0.5) is 5.82 Å². The fraction of sp³-hybridized carbons (Fsp3) is 0.0588. The van der Waals surface area contributed by atoms with Gasteiger partial charge in [-0.25, -0.2) is 10.1 Å². The Morgan fingerprint density at radius 2 is 2.07 bits per heavy atom. The summed E-state index contributed by atoms with van der Waals surface area (Å²) in [6, 6.07) is 9.16. The number of aryl methyl sites for hydroxylation is 1. The smallest absolute Gasteiger partial charge is 0.294 e. The number of hydrazone groups is 1. The highest BCUT2D eigenvalue weighted by molar-refractivity contribution is 5.98. The second-order valence-corrected chi connectivity index (χ2v) is 5.79. The van der Waals surface area contributed by atoms with E-state index < -0.39 is 5.91 Å². The molecule has 0 aliphatic carbocycles. The summed E-state index contributed by atoms with van der Waals surface area (Å²) in [5.41, 5.74) is 11.0. The fourth-order valence-corrected chi connectivity index (χ4v) is 2.46. The van der Waals surface area contributed by atoms with Crippen molar-refractivity contribution in [3.8, 4) is 17.1 Å². The first-order valence-electron chi connectivity index (χ1n) is 8.10. The highest BCUT2D eigenvalue weighted by atomic mass is 16.6. The maximum Gasteiger partial charge on any atom is 0.294 e. The number of furan rings is 1. The zero-order valence-electron chi connectivity index (χ0n) is 14.6. The molecule has 4 aromatic rings. The third-order valence-electron chi connectivity index (χ3n) is 3.83. The molecule has 11 heteroatoms. The van der Waals surface area contributed by atoms with E-state index in [0.29, 0.717) is 16.8 Å². The number of hydrogen-bond donors (Lipinski definition) is 2. The van der Waals surface area contributed by atoms with E-state index >= 15 is 0 Å². The molecule has 1 aromatic carbocycles. The van der Waals surface area contributed by atoms with Gasteiger partial charge in [0.1, 0.15) is 5.69 Å². The van der Waals surface area contributed by atoms with E-state index in [1.807, 2.05) is 31.2 Å². The van der Waals surface area contributed by atoms with Crippen LogP contribution in [0.25, 0.3) is 17.1 Å². The van der Waals surface area contributed by atoms with Crippen LogP contribution >= 0.6 is 0 Å². The van der Waals surface area contributed by atoms with Gasteiger partial charge in [-0.2, -0.15) is 9.78 Å². The van der Waals surface area contributed by atoms with E-state index in [9.17, 15) is 4.79 Å². The van der Waals surface area contributed by atoms with Crippen LogP contribution < -0.4 is 11.2 Å². The van der Waals surface area contributed by atoms with Crippen LogP contribution in [0.5, 0.6) is 0 Å². The first-order chi connectivity index (χ1) is 13.6. The van der Waals surface area contributed by atoms with Crippen molar-refractivity contribution in [1.82, 2.24) is 30.7 Å². The van der Waals surface area contributed by atoms with Crippen LogP contribution in [0.2, 0.25) is 0 Å². The molecule has 0 radical (unpaired) electrons. The summed E-state index contributed by atoms with van der Waals surface area (Å²) in [6.07, 6.45) is 4.43. The number of carbonyl (C=O) groups is 1. The predicted octanol–water partition coefficient (Wildman–Crippen LogP) is 1.56. The van der Waals surface area contributed by atoms with Gasteiger partial charge in [-0.3, -0.25) is 4.79 Å². The molecule has 0 spiro atoms. The monoisotopic (exact) mass is 378 g/mol. The molecule has 140 valence electrons. The molecule has 0 aliphatic rings. The van der Waals surface area contributed by atoms with E-state index in [1.54, 1.807) is 6.07 Å². The van der Waals surface area contributed by atoms with Crippen molar-refractivity contribution < 1.29 is 13.8 Å². The minimum Gasteiger partial charge on any atom is -0.472 e. The van der Waals surface area contributed by atoms with Crippen LogP contribution in [-0.2, 0) is 0 Å². The normalized spacial score (nSPS) is 11.2. The summed E-state index contributed by atoms with van der Waals surface area (Å²) in [7, 11) is 0. The zero-order chi connectivity index (χ0) is 19.5. The molecule has 4 rings (SSSR count). The number of nitrogen functional groups attached to an aromatic ring is 1. The van der Waals surface area contributed by atoms with Crippen molar-refractivity contribution in [2.75, 3.05) is 5.73 Å². The molecule has 3 heterocycles. The Labute approximate surface area is 157 Å². The molecule has 3 aromatic heterocycles. The number of aromatic nitrogens is 5. The van der Waals surface area contributed by atoms with Gasteiger partial charge in [-0.15, -0.1) is 5.10 Å². The second-order valence-electron chi connectivity index (χ2n) is 5.79. The zero-order valence-corrected chi connectivity index (χ0v) is 14.6. The lowest BCUT2D eigenvalue weighted by molar-refractivity contribution is 0.0950. The predicted molar refractivity (Wildman–Crippen MR) is 97.6 cm³/mol. The van der Waals surface area contributed by atoms with Gasteiger partial charge in [-0.05, 0) is 23.3 Å². The molecule has 3 N–H and O–H groups in total. The molecular formula is C17H14N8O3. The van der Waals surface area contributed by atoms with Gasteiger partial charge < -0.3 is 10.2 Å². The average Bonchev–Trinajstić information content (AvgIpc) is 3.42. The maximum atomic E-state index is 12.6. The summed E-state index contributed by atoms with van der Waals surface area (Å²) in [5, 5.41) is 19.1. The highest BCUT2D eigenvalue weighted by Gasteiger charge is 2.25. The van der Waals surface area contributed by atoms with Gasteiger partial charge in [0.2, 0.25) is 11.6 Å². The summed E-state index contributed by atoms with van der Waals surface area (Å²) < 4.78 is 10.9. The summed E-state index contributed by atoms with van der Waals surface area (Å²) in [6.45, 7) is 1.96. The number of carbonyl (C=O) groups excluding carboxylic acids is 1. The minimum absolute atomic E-state index is 0.0169. The quantitative estimate of drug-likeness (QED) is 0.392. The molecule has 0 aliphatic heterocycles. The minimum atomic E-state index is -0.559. The topological polar surface area (TPSA) is 150 Å². The standard InChI is InChI=1S/C17H14N8O3/c1-10-2-4-12(5-3-10)14-13(17(26)21-19-8-11-6-7-27-9-11)20-24-25(14)16-15(18)22-28-23-16/h2-9H,1H3,(H2,18,22)(H,21,26)/b19-8+. The molecule has 11 nitrogen and oxygen atoms in total. The van der Waals surface area contributed by atoms with E-state index in [0.717, 1.165) is 5.56 Å². The number of benzene rings is 1. The number of nitrogens with two attached hydrogens (primary N) is 1. The van der Waals surface area contributed by atoms with E-state index in [4.69, 9.17) is 10.2 Å². The number of rotatable bonds is 5. The van der Waals surface area contributed by atoms with Crippen molar-refractivity contribution >= 4 is 17.9 Å². The van der Waals surface area contributed by atoms with E-state index in [2.05, 4.69) is 35.8 Å². The molecule has 0 saturated heterocycles. The Morgan fingerprint density at radius 1 is 1.25 bits per heavy atom. The fourth-order valence-electron chi connectivity index (χ4n) is 2.46. The highest BCUT2D eigenvalue weighted by Crippen LogP contribution is 2.26. The first-order valence-corrected chi connectivity index (χ1v) is 8.10. The molecule has 0 unspecified atom stereocenters. The van der Waals surface area contributed by atoms with Crippen molar-refractivity contribution in [3.63, 3.8) is 0 Å².